The molecule has 2 saturated heterocycles. The number of nitrogens with one attached hydrogen (secondary N) is 1. The van der Waals surface area contributed by atoms with Crippen LogP contribution in [0.5, 0.6) is 0 Å². The molecular weight excluding hydrogens is 286 g/mol. The van der Waals surface area contributed by atoms with Crippen molar-refractivity contribution in [2.75, 3.05) is 18.0 Å². The molecule has 17 heavy (non-hydrogen) atoms. The van der Waals surface area contributed by atoms with Crippen LogP contribution in [0.15, 0.2) is 22.7 Å². The van der Waals surface area contributed by atoms with Crippen LogP contribution in [0.1, 0.15) is 6.42 Å². The van der Waals surface area contributed by atoms with E-state index >= 15 is 0 Å². The number of fused-ring (bicyclic) bond motifs is 2. The number of halogens is 1. The van der Waals surface area contributed by atoms with Crippen molar-refractivity contribution in [2.45, 2.75) is 18.5 Å². The number of nitrogens with zero attached hydrogens (tertiary/aromatic N) is 2. The molecule has 2 fully saturated rings. The van der Waals surface area contributed by atoms with E-state index in [1.807, 2.05) is 6.07 Å². The van der Waals surface area contributed by atoms with Crippen LogP contribution >= 0.6 is 15.9 Å². The molecule has 1 aromatic rings. The van der Waals surface area contributed by atoms with E-state index in [-0.39, 0.29) is 10.6 Å². The highest BCUT2D eigenvalue weighted by molar-refractivity contribution is 9.10. The molecule has 0 spiro atoms. The van der Waals surface area contributed by atoms with Crippen molar-refractivity contribution < 1.29 is 4.92 Å². The van der Waals surface area contributed by atoms with Crippen molar-refractivity contribution in [1.29, 1.82) is 0 Å². The summed E-state index contributed by atoms with van der Waals surface area (Å²) in [4.78, 5) is 12.9. The van der Waals surface area contributed by atoms with E-state index in [2.05, 4.69) is 26.1 Å². The lowest BCUT2D eigenvalue weighted by atomic mass is 10.2. The Hall–Kier alpha value is -1.14. The van der Waals surface area contributed by atoms with Crippen LogP contribution in [0.25, 0.3) is 0 Å². The first-order valence-electron chi connectivity index (χ1n) is 5.59. The maximum atomic E-state index is 11.0. The van der Waals surface area contributed by atoms with Gasteiger partial charge in [-0.1, -0.05) is 15.9 Å². The Morgan fingerprint density at radius 2 is 2.35 bits per heavy atom. The van der Waals surface area contributed by atoms with E-state index in [0.717, 1.165) is 29.7 Å². The lowest BCUT2D eigenvalue weighted by Crippen LogP contribution is -2.43. The van der Waals surface area contributed by atoms with Crippen molar-refractivity contribution >= 4 is 27.3 Å². The fraction of sp³-hybridized carbons (Fsp3) is 0.455. The van der Waals surface area contributed by atoms with E-state index in [4.69, 9.17) is 0 Å². The second kappa shape index (κ2) is 3.96. The fourth-order valence-electron chi connectivity index (χ4n) is 2.74. The Balaban J connectivity index is 2.01. The van der Waals surface area contributed by atoms with E-state index in [1.54, 1.807) is 12.1 Å². The molecule has 0 unspecified atom stereocenters. The molecule has 2 heterocycles. The van der Waals surface area contributed by atoms with E-state index in [9.17, 15) is 10.1 Å². The molecule has 0 saturated carbocycles. The number of nitro groups is 1. The molecule has 6 heteroatoms. The molecule has 1 aromatic carbocycles. The number of hydrogen-bond acceptors (Lipinski definition) is 4. The number of hydrogen-bond donors (Lipinski definition) is 1. The van der Waals surface area contributed by atoms with Crippen LogP contribution < -0.4 is 10.2 Å². The van der Waals surface area contributed by atoms with Crippen molar-refractivity contribution in [3.05, 3.63) is 32.8 Å². The highest BCUT2D eigenvalue weighted by Gasteiger charge is 2.39. The van der Waals surface area contributed by atoms with Gasteiger partial charge >= 0.3 is 0 Å². The van der Waals surface area contributed by atoms with Crippen LogP contribution in [-0.2, 0) is 0 Å². The zero-order valence-electron chi connectivity index (χ0n) is 9.10. The number of nitro benzene ring substituents is 1. The fourth-order valence-corrected chi connectivity index (χ4v) is 3.09. The molecule has 5 nitrogen and oxygen atoms in total. The Morgan fingerprint density at radius 1 is 1.53 bits per heavy atom. The van der Waals surface area contributed by atoms with Gasteiger partial charge in [0.25, 0.3) is 5.69 Å². The topological polar surface area (TPSA) is 58.4 Å². The van der Waals surface area contributed by atoms with Crippen molar-refractivity contribution in [3.63, 3.8) is 0 Å². The monoisotopic (exact) mass is 297 g/mol. The second-order valence-electron chi connectivity index (χ2n) is 4.54. The molecule has 3 rings (SSSR count). The Morgan fingerprint density at radius 3 is 2.94 bits per heavy atom. The molecule has 2 atom stereocenters. The summed E-state index contributed by atoms with van der Waals surface area (Å²) in [6.07, 6.45) is 1.09. The smallest absolute Gasteiger partial charge is 0.292 e. The minimum atomic E-state index is -0.304. The van der Waals surface area contributed by atoms with E-state index < -0.39 is 0 Å². The third kappa shape index (κ3) is 1.81. The predicted molar refractivity (Wildman–Crippen MR) is 68.3 cm³/mol. The molecule has 0 aromatic heterocycles. The van der Waals surface area contributed by atoms with Gasteiger partial charge in [-0.3, -0.25) is 10.1 Å². The summed E-state index contributed by atoms with van der Waals surface area (Å²) in [5.74, 6) is 0. The third-order valence-corrected chi connectivity index (χ3v) is 3.99. The average Bonchev–Trinajstić information content (AvgIpc) is 2.90. The summed E-state index contributed by atoms with van der Waals surface area (Å²) >= 11 is 3.38. The number of rotatable bonds is 2. The van der Waals surface area contributed by atoms with Gasteiger partial charge in [-0.15, -0.1) is 0 Å². The molecule has 2 aliphatic rings. The van der Waals surface area contributed by atoms with E-state index in [0.29, 0.717) is 12.1 Å². The first kappa shape index (κ1) is 11.0. The van der Waals surface area contributed by atoms with Crippen molar-refractivity contribution in [3.8, 4) is 0 Å². The highest BCUT2D eigenvalue weighted by atomic mass is 79.9. The Labute approximate surface area is 107 Å². The third-order valence-electron chi connectivity index (χ3n) is 3.50. The number of benzene rings is 1. The normalized spacial score (nSPS) is 26.5. The minimum Gasteiger partial charge on any atom is -0.360 e. The lowest BCUT2D eigenvalue weighted by Gasteiger charge is -2.29. The summed E-state index contributed by atoms with van der Waals surface area (Å²) in [6.45, 7) is 1.79. The van der Waals surface area contributed by atoms with Crippen LogP contribution in [0.4, 0.5) is 11.4 Å². The molecule has 2 bridgehead atoms. The Kier molecular flexibility index (Phi) is 2.56. The lowest BCUT2D eigenvalue weighted by molar-refractivity contribution is -0.384. The van der Waals surface area contributed by atoms with Gasteiger partial charge in [0.2, 0.25) is 0 Å². The van der Waals surface area contributed by atoms with Gasteiger partial charge in [0.05, 0.1) is 4.92 Å². The number of anilines is 1. The van der Waals surface area contributed by atoms with Crippen molar-refractivity contribution in [2.24, 2.45) is 0 Å². The molecular formula is C11H12BrN3O2. The summed E-state index contributed by atoms with van der Waals surface area (Å²) in [7, 11) is 0. The van der Waals surface area contributed by atoms with Crippen molar-refractivity contribution in [1.82, 2.24) is 5.32 Å². The minimum absolute atomic E-state index is 0.195. The van der Waals surface area contributed by atoms with Gasteiger partial charge in [-0.25, -0.2) is 0 Å². The molecule has 1 N–H and O–H groups in total. The van der Waals surface area contributed by atoms with Crippen LogP contribution in [0.2, 0.25) is 0 Å². The molecule has 0 radical (unpaired) electrons. The summed E-state index contributed by atoms with van der Waals surface area (Å²) in [5.41, 5.74) is 0.930. The molecule has 90 valence electrons. The van der Waals surface area contributed by atoms with E-state index in [1.165, 1.54) is 0 Å². The quantitative estimate of drug-likeness (QED) is 0.669. The second-order valence-corrected chi connectivity index (χ2v) is 5.45. The van der Waals surface area contributed by atoms with Gasteiger partial charge in [0.1, 0.15) is 5.69 Å². The summed E-state index contributed by atoms with van der Waals surface area (Å²) in [6, 6.07) is 6.01. The maximum absolute atomic E-state index is 11.0. The molecule has 2 aliphatic heterocycles. The van der Waals surface area contributed by atoms with Crippen LogP contribution in [-0.4, -0.2) is 30.1 Å². The van der Waals surface area contributed by atoms with Gasteiger partial charge in [-0.2, -0.15) is 0 Å². The van der Waals surface area contributed by atoms with Gasteiger partial charge in [0, 0.05) is 35.7 Å². The first-order valence-corrected chi connectivity index (χ1v) is 6.38. The summed E-state index contributed by atoms with van der Waals surface area (Å²) < 4.78 is 0.883. The van der Waals surface area contributed by atoms with Crippen LogP contribution in [0.3, 0.4) is 0 Å². The molecule has 0 amide bonds. The zero-order chi connectivity index (χ0) is 12.0. The molecule has 0 aliphatic carbocycles. The standard InChI is InChI=1S/C11H12BrN3O2/c12-7-1-2-10(15(16)17)11(3-7)14-6-8-4-9(14)5-13-8/h1-3,8-9,13H,4-6H2/t8-,9-/m0/s1. The highest BCUT2D eigenvalue weighted by Crippen LogP contribution is 2.37. The van der Waals surface area contributed by atoms with Gasteiger partial charge < -0.3 is 10.2 Å². The van der Waals surface area contributed by atoms with Crippen LogP contribution in [0, 0.1) is 10.1 Å². The number of piperazine rings is 1. The first-order chi connectivity index (χ1) is 8.15. The summed E-state index contributed by atoms with van der Waals surface area (Å²) in [5, 5.41) is 14.4. The van der Waals surface area contributed by atoms with Gasteiger partial charge in [0.15, 0.2) is 0 Å². The Bertz CT molecular complexity index is 480. The average molecular weight is 298 g/mol. The maximum Gasteiger partial charge on any atom is 0.292 e. The van der Waals surface area contributed by atoms with Gasteiger partial charge in [-0.05, 0) is 18.6 Å². The SMILES string of the molecule is O=[N+]([O-])c1ccc(Br)cc1N1C[C@@H]2C[C@H]1CN2. The zero-order valence-corrected chi connectivity index (χ0v) is 10.7. The largest absolute Gasteiger partial charge is 0.360 e. The predicted octanol–water partition coefficient (Wildman–Crippen LogP) is 1.91.